The van der Waals surface area contributed by atoms with Gasteiger partial charge in [0.1, 0.15) is 0 Å². The summed E-state index contributed by atoms with van der Waals surface area (Å²) in [4.78, 5) is 28.3. The number of piperidine rings is 4. The van der Waals surface area contributed by atoms with Gasteiger partial charge in [-0.3, -0.25) is 0 Å². The quantitative estimate of drug-likeness (QED) is 0.0475. The first-order valence-corrected chi connectivity index (χ1v) is 28.9. The van der Waals surface area contributed by atoms with Crippen LogP contribution >= 0.6 is 0 Å². The normalized spacial score (nSPS) is 24.6. The molecule has 6 heterocycles. The number of nitrogens with zero attached hydrogens (tertiary/aromatic N) is 6. The maximum Gasteiger partial charge on any atom is 0.229 e. The number of hydrogen-bond acceptors (Lipinski definition) is 20. The van der Waals surface area contributed by atoms with Crippen molar-refractivity contribution in [3.05, 3.63) is 0 Å². The Balaban J connectivity index is 1.03. The number of aromatic nitrogens is 6. The van der Waals surface area contributed by atoms with Crippen molar-refractivity contribution in [1.82, 2.24) is 51.2 Å². The zero-order valence-corrected chi connectivity index (χ0v) is 49.8. The Bertz CT molecular complexity index is 1820. The van der Waals surface area contributed by atoms with Crippen LogP contribution in [0.25, 0.3) is 0 Å². The lowest BCUT2D eigenvalue weighted by Crippen LogP contribution is -2.59. The Morgan fingerprint density at radius 1 is 0.316 bits per heavy atom. The highest BCUT2D eigenvalue weighted by molar-refractivity contribution is 5.43. The molecule has 2 aromatic rings. The number of aliphatic hydroxyl groups is 4. The fourth-order valence-electron chi connectivity index (χ4n) is 14.4. The molecule has 0 saturated carbocycles. The van der Waals surface area contributed by atoms with E-state index >= 15 is 0 Å². The molecular weight excluding hydrogens is 961 g/mol. The van der Waals surface area contributed by atoms with Gasteiger partial charge in [0.25, 0.3) is 0 Å². The molecule has 434 valence electrons. The van der Waals surface area contributed by atoms with E-state index in [0.717, 1.165) is 77.0 Å². The number of hydrogen-bond donors (Lipinski definition) is 14. The summed E-state index contributed by atoms with van der Waals surface area (Å²) >= 11 is 0. The second-order valence-corrected chi connectivity index (χ2v) is 28.9. The van der Waals surface area contributed by atoms with Crippen molar-refractivity contribution in [2.75, 3.05) is 71.2 Å². The van der Waals surface area contributed by atoms with Gasteiger partial charge < -0.3 is 73.6 Å². The van der Waals surface area contributed by atoms with Crippen molar-refractivity contribution in [3.63, 3.8) is 0 Å². The van der Waals surface area contributed by atoms with E-state index in [1.54, 1.807) is 0 Å². The van der Waals surface area contributed by atoms with Crippen LogP contribution in [0.15, 0.2) is 0 Å². The molecule has 4 aliphatic heterocycles. The van der Waals surface area contributed by atoms with E-state index in [1.165, 1.54) is 0 Å². The molecular formula is C56H106N16O4. The van der Waals surface area contributed by atoms with Crippen molar-refractivity contribution >= 4 is 35.7 Å². The predicted molar refractivity (Wildman–Crippen MR) is 309 cm³/mol. The van der Waals surface area contributed by atoms with Crippen LogP contribution in [0.1, 0.15) is 188 Å². The zero-order chi connectivity index (χ0) is 56.1. The molecule has 4 fully saturated rings. The van der Waals surface area contributed by atoms with Crippen molar-refractivity contribution in [1.29, 1.82) is 0 Å². The smallest absolute Gasteiger partial charge is 0.229 e. The van der Waals surface area contributed by atoms with E-state index in [-0.39, 0.29) is 68.0 Å². The summed E-state index contributed by atoms with van der Waals surface area (Å²) in [6.07, 6.45) is 8.15. The van der Waals surface area contributed by atoms with Crippen LogP contribution in [0.3, 0.4) is 0 Å². The molecule has 0 amide bonds. The van der Waals surface area contributed by atoms with Gasteiger partial charge in [-0.2, -0.15) is 29.9 Å². The zero-order valence-electron chi connectivity index (χ0n) is 49.8. The van der Waals surface area contributed by atoms with Gasteiger partial charge in [-0.15, -0.1) is 0 Å². The van der Waals surface area contributed by atoms with Gasteiger partial charge in [-0.1, -0.05) is 12.8 Å². The molecule has 20 nitrogen and oxygen atoms in total. The number of unbranched alkanes of at least 4 members (excludes halogenated alkanes) is 3. The van der Waals surface area contributed by atoms with E-state index in [4.69, 9.17) is 29.9 Å². The highest BCUT2D eigenvalue weighted by Gasteiger charge is 2.44. The van der Waals surface area contributed by atoms with E-state index < -0.39 is 24.4 Å². The van der Waals surface area contributed by atoms with Crippen molar-refractivity contribution < 1.29 is 20.4 Å². The van der Waals surface area contributed by atoms with Crippen LogP contribution < -0.4 is 53.2 Å². The second kappa shape index (κ2) is 24.5. The summed E-state index contributed by atoms with van der Waals surface area (Å²) in [6.45, 7) is 37.5. The molecule has 76 heavy (non-hydrogen) atoms. The third-order valence-electron chi connectivity index (χ3n) is 15.9. The summed E-state index contributed by atoms with van der Waals surface area (Å²) in [5.74, 6) is 2.72. The van der Waals surface area contributed by atoms with Gasteiger partial charge in [0.15, 0.2) is 0 Å². The van der Waals surface area contributed by atoms with E-state index in [0.29, 0.717) is 75.0 Å². The molecule has 0 aliphatic carbocycles. The molecule has 4 saturated heterocycles. The molecule has 20 heteroatoms. The van der Waals surface area contributed by atoms with Crippen LogP contribution in [0, 0.1) is 23.7 Å². The van der Waals surface area contributed by atoms with Crippen LogP contribution in [-0.4, -0.2) is 158 Å². The number of rotatable bonds is 25. The monoisotopic (exact) mass is 1070 g/mol. The van der Waals surface area contributed by atoms with Gasteiger partial charge in [-0.05, 0) is 199 Å². The first-order valence-electron chi connectivity index (χ1n) is 28.9. The second-order valence-electron chi connectivity index (χ2n) is 28.9. The van der Waals surface area contributed by atoms with E-state index in [1.807, 2.05) is 0 Å². The Hall–Kier alpha value is -3.50. The van der Waals surface area contributed by atoms with E-state index in [2.05, 4.69) is 164 Å². The average molecular weight is 1070 g/mol. The fraction of sp³-hybridized carbons (Fsp3) is 0.893. The Kier molecular flexibility index (Phi) is 19.9. The van der Waals surface area contributed by atoms with Crippen molar-refractivity contribution in [2.24, 2.45) is 23.7 Å². The summed E-state index contributed by atoms with van der Waals surface area (Å²) in [5.41, 5.74) is -0.736. The van der Waals surface area contributed by atoms with Gasteiger partial charge in [0, 0.05) is 83.6 Å². The predicted octanol–water partition coefficient (Wildman–Crippen LogP) is 6.46. The minimum Gasteiger partial charge on any atom is -0.391 e. The van der Waals surface area contributed by atoms with Crippen LogP contribution in [0.2, 0.25) is 0 Å². The highest BCUT2D eigenvalue weighted by Crippen LogP contribution is 2.38. The minimum atomic E-state index is -0.594. The standard InChI is InChI=1S/C56H106N16O4/c1-49(2)23-35(24-50(3,4)69-49)39(73)31-59-45-63-43(64-46(67-45)60-32-40(74)36-25-51(5,6)70-52(7,8)26-36)57-21-19-17-18-20-22-58-44-65-47(61-33-41(75)37-27-53(9,10)71-54(11,12)28-37)68-48(66-44)62-34-42(76)38-29-55(13,14)72-56(15,16)30-38/h35-42,69-76H,17-34H2,1-16H3,(H3,57,59,60,63,64,67)(H3,58,61,62,65,66,68). The molecule has 0 bridgehead atoms. The van der Waals surface area contributed by atoms with Gasteiger partial charge >= 0.3 is 0 Å². The molecule has 6 rings (SSSR count). The molecule has 14 N–H and O–H groups in total. The molecule has 0 aromatic carbocycles. The lowest BCUT2D eigenvalue weighted by atomic mass is 9.73. The lowest BCUT2D eigenvalue weighted by Gasteiger charge is -2.47. The summed E-state index contributed by atoms with van der Waals surface area (Å²) in [6, 6.07) is 0. The first kappa shape index (κ1) is 61.7. The van der Waals surface area contributed by atoms with Crippen LogP contribution in [-0.2, 0) is 0 Å². The van der Waals surface area contributed by atoms with Gasteiger partial charge in [0.2, 0.25) is 35.7 Å². The van der Waals surface area contributed by atoms with Gasteiger partial charge in [-0.25, -0.2) is 0 Å². The number of nitrogens with one attached hydrogen (secondary N) is 10. The third-order valence-corrected chi connectivity index (χ3v) is 15.9. The number of aliphatic hydroxyl groups excluding tert-OH is 4. The maximum absolute atomic E-state index is 11.4. The first-order chi connectivity index (χ1) is 35.0. The Morgan fingerprint density at radius 2 is 0.487 bits per heavy atom. The summed E-state index contributed by atoms with van der Waals surface area (Å²) in [7, 11) is 0. The maximum atomic E-state index is 11.4. The molecule has 0 spiro atoms. The lowest BCUT2D eigenvalue weighted by molar-refractivity contribution is 0.0340. The number of anilines is 6. The highest BCUT2D eigenvalue weighted by atomic mass is 16.3. The van der Waals surface area contributed by atoms with Crippen molar-refractivity contribution in [3.8, 4) is 0 Å². The molecule has 4 atom stereocenters. The Morgan fingerprint density at radius 3 is 0.671 bits per heavy atom. The third kappa shape index (κ3) is 19.7. The summed E-state index contributed by atoms with van der Waals surface area (Å²) < 4.78 is 0. The average Bonchev–Trinajstić information content (AvgIpc) is 3.25. The van der Waals surface area contributed by atoms with Crippen LogP contribution in [0.4, 0.5) is 35.7 Å². The topological polar surface area (TPSA) is 279 Å². The largest absolute Gasteiger partial charge is 0.391 e. The van der Waals surface area contributed by atoms with Crippen LogP contribution in [0.5, 0.6) is 0 Å². The van der Waals surface area contributed by atoms with Crippen molar-refractivity contribution in [2.45, 2.75) is 257 Å². The SMILES string of the molecule is CC1(C)CC(C(O)CNc2nc(NCCCCCCNc3nc(NCC(O)C4CC(C)(C)NC(C)(C)C4)nc(NCC(O)C4CC(C)(C)NC(C)(C)C4)n3)nc(NCC(O)C3CC(C)(C)NC(C)(C)C3)n2)CC(C)(C)N1. The fourth-order valence-corrected chi connectivity index (χ4v) is 14.4. The molecule has 2 aromatic heterocycles. The summed E-state index contributed by atoms with van der Waals surface area (Å²) in [5, 5.41) is 80.7. The minimum absolute atomic E-state index is 0.0920. The molecule has 4 unspecified atom stereocenters. The Labute approximate surface area is 457 Å². The molecule has 0 radical (unpaired) electrons. The van der Waals surface area contributed by atoms with Gasteiger partial charge in [0.05, 0.1) is 24.4 Å². The molecule has 4 aliphatic rings. The van der Waals surface area contributed by atoms with E-state index in [9.17, 15) is 20.4 Å².